The number of rotatable bonds is 7. The van der Waals surface area contributed by atoms with Crippen LogP contribution in [0.2, 0.25) is 10.0 Å². The second-order valence-corrected chi connectivity index (χ2v) is 10.7. The maximum Gasteiger partial charge on any atom is 0.250 e. The Morgan fingerprint density at radius 1 is 0.951 bits per heavy atom. The molecule has 0 spiro atoms. The fraction of sp³-hybridized carbons (Fsp3) is 0.161. The topological polar surface area (TPSA) is 60.8 Å². The molecular formula is C31H27Cl2FN4O2S. The minimum atomic E-state index is -0.397. The van der Waals surface area contributed by atoms with Gasteiger partial charge in [0.2, 0.25) is 5.91 Å². The van der Waals surface area contributed by atoms with Gasteiger partial charge in [-0.15, -0.1) is 0 Å². The van der Waals surface area contributed by atoms with Gasteiger partial charge in [-0.05, 0) is 72.9 Å². The van der Waals surface area contributed by atoms with E-state index >= 15 is 0 Å². The molecule has 0 saturated carbocycles. The molecule has 1 aliphatic heterocycles. The van der Waals surface area contributed by atoms with Gasteiger partial charge in [0.25, 0.3) is 0 Å². The van der Waals surface area contributed by atoms with Crippen LogP contribution in [0.5, 0.6) is 0 Å². The molecule has 210 valence electrons. The molecule has 2 heterocycles. The molecule has 1 amide bonds. The highest BCUT2D eigenvalue weighted by molar-refractivity contribution is 7.80. The van der Waals surface area contributed by atoms with Crippen molar-refractivity contribution in [1.29, 1.82) is 0 Å². The third kappa shape index (κ3) is 7.54. The Labute approximate surface area is 253 Å². The number of amides is 1. The van der Waals surface area contributed by atoms with Gasteiger partial charge >= 0.3 is 0 Å². The molecule has 0 bridgehead atoms. The van der Waals surface area contributed by atoms with Gasteiger partial charge < -0.3 is 14.6 Å². The lowest BCUT2D eigenvalue weighted by Crippen LogP contribution is -2.46. The van der Waals surface area contributed by atoms with Crippen molar-refractivity contribution in [1.82, 2.24) is 10.2 Å². The summed E-state index contributed by atoms with van der Waals surface area (Å²) in [6.45, 7) is 4.02. The summed E-state index contributed by atoms with van der Waals surface area (Å²) in [6.07, 6.45) is 2.88. The molecule has 10 heteroatoms. The lowest BCUT2D eigenvalue weighted by molar-refractivity contribution is -0.115. The Bertz CT molecular complexity index is 1570. The molecule has 3 aromatic carbocycles. The molecule has 2 N–H and O–H groups in total. The summed E-state index contributed by atoms with van der Waals surface area (Å²) in [5.74, 6) is 0.470. The largest absolute Gasteiger partial charge is 0.457 e. The van der Waals surface area contributed by atoms with Crippen LogP contribution in [-0.4, -0.2) is 42.1 Å². The number of nitrogens with zero attached hydrogens (tertiary/aromatic N) is 2. The van der Waals surface area contributed by atoms with Gasteiger partial charge in [-0.2, -0.15) is 0 Å². The van der Waals surface area contributed by atoms with Gasteiger partial charge in [0.15, 0.2) is 5.11 Å². The standard InChI is InChI=1S/C31H27Cl2FN4O2S/c32-26-6-3-5-25(30(26)33)28-14-12-24(40-28)13-15-29(39)36-31(41)35-22-8-10-23(11-9-22)38-18-16-37(17-19-38)20-21-4-1-2-7-27(21)34/h1-15H,16-20H2,(H2,35,36,39,41)/b15-13+. The second kappa shape index (κ2) is 13.3. The van der Waals surface area contributed by atoms with E-state index in [0.29, 0.717) is 33.7 Å². The van der Waals surface area contributed by atoms with Crippen LogP contribution in [0.15, 0.2) is 89.4 Å². The lowest BCUT2D eigenvalue weighted by atomic mass is 10.1. The zero-order valence-corrected chi connectivity index (χ0v) is 24.3. The van der Waals surface area contributed by atoms with Crippen LogP contribution in [0.4, 0.5) is 15.8 Å². The number of nitrogens with one attached hydrogen (secondary N) is 2. The van der Waals surface area contributed by atoms with Crippen molar-refractivity contribution >= 4 is 63.9 Å². The summed E-state index contributed by atoms with van der Waals surface area (Å²) in [5.41, 5.74) is 3.25. The molecule has 0 unspecified atom stereocenters. The minimum Gasteiger partial charge on any atom is -0.457 e. The van der Waals surface area contributed by atoms with Crippen molar-refractivity contribution in [2.24, 2.45) is 0 Å². The SMILES string of the molecule is O=C(/C=C/c1ccc(-c2cccc(Cl)c2Cl)o1)NC(=S)Nc1ccc(N2CCN(Cc3ccccc3F)CC2)cc1. The van der Waals surface area contributed by atoms with E-state index in [9.17, 15) is 9.18 Å². The Kier molecular flexibility index (Phi) is 9.36. The first kappa shape index (κ1) is 28.8. The van der Waals surface area contributed by atoms with Crippen LogP contribution in [0.25, 0.3) is 17.4 Å². The van der Waals surface area contributed by atoms with Gasteiger partial charge in [0, 0.05) is 61.3 Å². The van der Waals surface area contributed by atoms with Crippen molar-refractivity contribution in [3.05, 3.63) is 112 Å². The number of furan rings is 1. The molecule has 5 rings (SSSR count). The monoisotopic (exact) mass is 608 g/mol. The van der Waals surface area contributed by atoms with Crippen LogP contribution in [0.3, 0.4) is 0 Å². The number of hydrogen-bond acceptors (Lipinski definition) is 5. The number of benzene rings is 3. The van der Waals surface area contributed by atoms with Crippen LogP contribution >= 0.6 is 35.4 Å². The molecular weight excluding hydrogens is 582 g/mol. The Morgan fingerprint density at radius 3 is 2.46 bits per heavy atom. The fourth-order valence-corrected chi connectivity index (χ4v) is 5.15. The Balaban J connectivity index is 1.08. The number of anilines is 2. The zero-order valence-electron chi connectivity index (χ0n) is 21.9. The van der Waals surface area contributed by atoms with Crippen LogP contribution in [0.1, 0.15) is 11.3 Å². The van der Waals surface area contributed by atoms with E-state index < -0.39 is 5.91 Å². The maximum absolute atomic E-state index is 14.0. The first-order chi connectivity index (χ1) is 19.9. The maximum atomic E-state index is 14.0. The van der Waals surface area contributed by atoms with E-state index in [4.69, 9.17) is 39.8 Å². The van der Waals surface area contributed by atoms with Crippen LogP contribution < -0.4 is 15.5 Å². The van der Waals surface area contributed by atoms with Gasteiger partial charge in [-0.1, -0.05) is 47.5 Å². The lowest BCUT2D eigenvalue weighted by Gasteiger charge is -2.36. The Morgan fingerprint density at radius 2 is 1.71 bits per heavy atom. The summed E-state index contributed by atoms with van der Waals surface area (Å²) < 4.78 is 19.8. The molecule has 0 radical (unpaired) electrons. The zero-order chi connectivity index (χ0) is 28.8. The molecule has 1 fully saturated rings. The van der Waals surface area contributed by atoms with Crippen LogP contribution in [-0.2, 0) is 11.3 Å². The van der Waals surface area contributed by atoms with E-state index in [2.05, 4.69) is 20.4 Å². The molecule has 1 aliphatic rings. The molecule has 6 nitrogen and oxygen atoms in total. The van der Waals surface area contributed by atoms with E-state index in [1.807, 2.05) is 36.4 Å². The van der Waals surface area contributed by atoms with Crippen molar-refractivity contribution in [2.45, 2.75) is 6.54 Å². The normalized spacial score (nSPS) is 13.9. The van der Waals surface area contributed by atoms with Gasteiger partial charge in [0.1, 0.15) is 17.3 Å². The molecule has 1 saturated heterocycles. The van der Waals surface area contributed by atoms with Crippen molar-refractivity contribution < 1.29 is 13.6 Å². The number of carbonyl (C=O) groups is 1. The number of thiocarbonyl (C=S) groups is 1. The van der Waals surface area contributed by atoms with Gasteiger partial charge in [0.05, 0.1) is 10.0 Å². The summed E-state index contributed by atoms with van der Waals surface area (Å²) in [4.78, 5) is 16.9. The van der Waals surface area contributed by atoms with E-state index in [1.54, 1.807) is 42.5 Å². The van der Waals surface area contributed by atoms with Gasteiger partial charge in [-0.3, -0.25) is 15.0 Å². The van der Waals surface area contributed by atoms with Crippen molar-refractivity contribution in [2.75, 3.05) is 36.4 Å². The van der Waals surface area contributed by atoms with Crippen molar-refractivity contribution in [3.63, 3.8) is 0 Å². The third-order valence-electron chi connectivity index (χ3n) is 6.69. The average Bonchev–Trinajstić information content (AvgIpc) is 3.44. The van der Waals surface area contributed by atoms with Crippen molar-refractivity contribution in [3.8, 4) is 11.3 Å². The summed E-state index contributed by atoms with van der Waals surface area (Å²) in [7, 11) is 0. The van der Waals surface area contributed by atoms with Crippen LogP contribution in [0, 0.1) is 5.82 Å². The first-order valence-electron chi connectivity index (χ1n) is 13.0. The van der Waals surface area contributed by atoms with E-state index in [0.717, 1.165) is 43.1 Å². The summed E-state index contributed by atoms with van der Waals surface area (Å²) in [5, 5.41) is 6.68. The second-order valence-electron chi connectivity index (χ2n) is 9.48. The van der Waals surface area contributed by atoms with E-state index in [-0.39, 0.29) is 10.9 Å². The Hall–Kier alpha value is -3.69. The highest BCUT2D eigenvalue weighted by Gasteiger charge is 2.18. The van der Waals surface area contributed by atoms with Gasteiger partial charge in [-0.25, -0.2) is 4.39 Å². The molecule has 0 aliphatic carbocycles. The molecule has 41 heavy (non-hydrogen) atoms. The number of piperazine rings is 1. The quantitative estimate of drug-likeness (QED) is 0.170. The molecule has 4 aromatic rings. The first-order valence-corrected chi connectivity index (χ1v) is 14.2. The molecule has 1 aromatic heterocycles. The number of carbonyl (C=O) groups excluding carboxylic acids is 1. The third-order valence-corrected chi connectivity index (χ3v) is 7.72. The summed E-state index contributed by atoms with van der Waals surface area (Å²) in [6, 6.07) is 23.6. The highest BCUT2D eigenvalue weighted by atomic mass is 35.5. The smallest absolute Gasteiger partial charge is 0.250 e. The fourth-order valence-electron chi connectivity index (χ4n) is 4.54. The summed E-state index contributed by atoms with van der Waals surface area (Å²) >= 11 is 17.6. The van der Waals surface area contributed by atoms with E-state index in [1.165, 1.54) is 12.1 Å². The molecule has 0 atom stereocenters. The average molecular weight is 610 g/mol. The highest BCUT2D eigenvalue weighted by Crippen LogP contribution is 2.34. The minimum absolute atomic E-state index is 0.157. The predicted octanol–water partition coefficient (Wildman–Crippen LogP) is 7.24. The number of hydrogen-bond donors (Lipinski definition) is 2. The predicted molar refractivity (Wildman–Crippen MR) is 168 cm³/mol. The number of halogens is 3.